The average molecular weight is 1340 g/mol. The van der Waals surface area contributed by atoms with Crippen LogP contribution in [-0.4, -0.2) is 201 Å². The van der Waals surface area contributed by atoms with Crippen molar-refractivity contribution >= 4 is 106 Å². The normalized spacial score (nSPS) is 14.6. The first-order valence-corrected chi connectivity index (χ1v) is 30.7. The zero-order valence-electron chi connectivity index (χ0n) is 54.5. The number of nitrogens with zero attached hydrogens (tertiary/aromatic N) is 1. The van der Waals surface area contributed by atoms with Crippen LogP contribution in [0.5, 0.6) is 0 Å². The number of nitrogens with one attached hydrogen (secondary N) is 12. The number of aromatic amines is 1. The van der Waals surface area contributed by atoms with Gasteiger partial charge in [0.25, 0.3) is 0 Å². The molecule has 1 aromatic heterocycles. The summed E-state index contributed by atoms with van der Waals surface area (Å²) in [4.78, 5) is 204. The van der Waals surface area contributed by atoms with Crippen LogP contribution in [0.15, 0.2) is 35.5 Å². The van der Waals surface area contributed by atoms with Crippen LogP contribution in [0.2, 0.25) is 0 Å². The van der Waals surface area contributed by atoms with Crippen LogP contribution in [0.25, 0.3) is 10.9 Å². The number of primary amides is 2. The number of aliphatic imine (C=N–C) groups is 1. The molecule has 0 fully saturated rings. The number of hydrogen-bond donors (Lipinski definition) is 20. The van der Waals surface area contributed by atoms with Crippen LogP contribution in [-0.2, 0) is 78.3 Å². The molecule has 36 nitrogen and oxygen atoms in total. The van der Waals surface area contributed by atoms with Gasteiger partial charge in [0.1, 0.15) is 54.4 Å². The topological polar surface area (TPSA) is 607 Å². The van der Waals surface area contributed by atoms with Gasteiger partial charge in [0.15, 0.2) is 5.96 Å². The lowest BCUT2D eigenvalue weighted by Gasteiger charge is -2.29. The van der Waals surface area contributed by atoms with Crippen LogP contribution in [0.1, 0.15) is 119 Å². The van der Waals surface area contributed by atoms with Crippen LogP contribution < -0.4 is 87.2 Å². The predicted molar refractivity (Wildman–Crippen MR) is 341 cm³/mol. The molecule has 13 amide bonds. The van der Waals surface area contributed by atoms with E-state index >= 15 is 0 Å². The summed E-state index contributed by atoms with van der Waals surface area (Å²) in [6.07, 6.45) is -2.57. The van der Waals surface area contributed by atoms with Crippen molar-refractivity contribution in [3.63, 3.8) is 0 Å². The number of nitrogens with two attached hydrogens (primary N) is 5. The predicted octanol–water partition coefficient (Wildman–Crippen LogP) is -6.07. The highest BCUT2D eigenvalue weighted by Gasteiger charge is 2.37. The number of aliphatic hydroxyl groups is 1. The molecule has 11 atom stereocenters. The molecule has 0 radical (unpaired) electrons. The van der Waals surface area contributed by atoms with E-state index in [2.05, 4.69) is 68.5 Å². The molecule has 0 aliphatic rings. The van der Waals surface area contributed by atoms with E-state index in [1.807, 2.05) is 0 Å². The van der Waals surface area contributed by atoms with Crippen LogP contribution >= 0.6 is 0 Å². The van der Waals surface area contributed by atoms with Gasteiger partial charge in [-0.25, -0.2) is 4.79 Å². The smallest absolute Gasteiger partial charge is 0.326 e. The first-order chi connectivity index (χ1) is 44.4. The molecular formula is C59H94N18O18. The maximum Gasteiger partial charge on any atom is 0.326 e. The molecule has 0 spiro atoms. The Hall–Kier alpha value is -10.00. The van der Waals surface area contributed by atoms with Crippen molar-refractivity contribution in [2.75, 3.05) is 19.6 Å². The quantitative estimate of drug-likeness (QED) is 0.0167. The van der Waals surface area contributed by atoms with Gasteiger partial charge in [0.05, 0.1) is 31.7 Å². The zero-order valence-corrected chi connectivity index (χ0v) is 54.5. The maximum atomic E-state index is 14.4. The molecule has 36 heteroatoms. The number of carbonyl (C=O) groups is 15. The number of benzene rings is 1. The van der Waals surface area contributed by atoms with Gasteiger partial charge in [-0.3, -0.25) is 72.1 Å². The monoisotopic (exact) mass is 1340 g/mol. The summed E-state index contributed by atoms with van der Waals surface area (Å²) in [7, 11) is 0. The van der Waals surface area contributed by atoms with Gasteiger partial charge in [-0.2, -0.15) is 0 Å². The second-order valence-electron chi connectivity index (χ2n) is 23.9. The second kappa shape index (κ2) is 40.2. The molecule has 0 aliphatic heterocycles. The highest BCUT2D eigenvalue weighted by Crippen LogP contribution is 2.20. The number of carboxylic acid groups (broad SMARTS) is 2. The van der Waals surface area contributed by atoms with Crippen LogP contribution in [0, 0.1) is 17.8 Å². The molecule has 1 heterocycles. The second-order valence-corrected chi connectivity index (χ2v) is 23.9. The first-order valence-electron chi connectivity index (χ1n) is 30.7. The Bertz CT molecular complexity index is 3080. The van der Waals surface area contributed by atoms with Gasteiger partial charge >= 0.3 is 11.9 Å². The number of H-pyrrole nitrogens is 1. The Balaban J connectivity index is 2.38. The van der Waals surface area contributed by atoms with Gasteiger partial charge in [0.2, 0.25) is 76.8 Å². The van der Waals surface area contributed by atoms with Crippen molar-refractivity contribution in [3.05, 3.63) is 36.0 Å². The fourth-order valence-electron chi connectivity index (χ4n) is 9.26. The SMILES string of the molecule is CC(C)C[C@H](NC(=O)[C@H](CCC(N)=O)NC(=O)[C@H](C)NC(=O)[C@H](Cc1c[nH]c2ccccc12)NC(=O)[C@H](CCCN=C(N)N)NC(=O)CNC(=O)[C@H](CC(=O)O)NC(=O)[C@@H](NC(=O)[C@H](CC(C)C)NC(=O)[C@@H](NC(=O)CNC(=O)[C@@H](N)CCC(N)=O)[C@@H](C)O)C(C)C)C(=O)O. The number of amides is 13. The lowest BCUT2D eigenvalue weighted by atomic mass is 9.99. The van der Waals surface area contributed by atoms with Gasteiger partial charge in [-0.05, 0) is 81.8 Å². The van der Waals surface area contributed by atoms with Crippen LogP contribution in [0.3, 0.4) is 0 Å². The largest absolute Gasteiger partial charge is 0.481 e. The third-order valence-corrected chi connectivity index (χ3v) is 14.3. The summed E-state index contributed by atoms with van der Waals surface area (Å²) in [6, 6.07) is -8.17. The first kappa shape index (κ1) is 81.1. The molecule has 2 aromatic rings. The van der Waals surface area contributed by atoms with E-state index in [-0.39, 0.29) is 75.7 Å². The highest BCUT2D eigenvalue weighted by molar-refractivity contribution is 6.00. The van der Waals surface area contributed by atoms with E-state index in [1.54, 1.807) is 58.2 Å². The molecule has 0 aliphatic carbocycles. The van der Waals surface area contributed by atoms with Crippen molar-refractivity contribution in [1.82, 2.24) is 63.5 Å². The van der Waals surface area contributed by atoms with Crippen molar-refractivity contribution in [3.8, 4) is 0 Å². The number of aliphatic carboxylic acids is 2. The maximum absolute atomic E-state index is 14.4. The van der Waals surface area contributed by atoms with Gasteiger partial charge < -0.3 is 107 Å². The number of fused-ring (bicyclic) bond motifs is 1. The van der Waals surface area contributed by atoms with E-state index in [0.29, 0.717) is 16.5 Å². The molecule has 95 heavy (non-hydrogen) atoms. The number of guanidine groups is 1. The Morgan fingerprint density at radius 1 is 0.516 bits per heavy atom. The minimum atomic E-state index is -1.91. The van der Waals surface area contributed by atoms with Gasteiger partial charge in [-0.15, -0.1) is 0 Å². The summed E-state index contributed by atoms with van der Waals surface area (Å²) in [5, 5.41) is 57.0. The minimum absolute atomic E-state index is 0.0261. The summed E-state index contributed by atoms with van der Waals surface area (Å²) >= 11 is 0. The molecule has 0 bridgehead atoms. The van der Waals surface area contributed by atoms with Gasteiger partial charge in [-0.1, -0.05) is 59.7 Å². The zero-order chi connectivity index (χ0) is 72.0. The van der Waals surface area contributed by atoms with Gasteiger partial charge in [0, 0.05) is 42.9 Å². The number of rotatable bonds is 43. The van der Waals surface area contributed by atoms with E-state index < -0.39 is 187 Å². The number of aromatic nitrogens is 1. The number of hydrogen-bond acceptors (Lipinski definition) is 18. The van der Waals surface area contributed by atoms with E-state index in [0.717, 1.165) is 6.92 Å². The Kier molecular flexibility index (Phi) is 34.3. The van der Waals surface area contributed by atoms with Crippen LogP contribution in [0.4, 0.5) is 0 Å². The fraction of sp³-hybridized carbons (Fsp3) is 0.593. The number of carbonyl (C=O) groups excluding carboxylic acids is 13. The Morgan fingerprint density at radius 3 is 1.57 bits per heavy atom. The molecule has 0 unspecified atom stereocenters. The summed E-state index contributed by atoms with van der Waals surface area (Å²) in [6.45, 7) is 10.5. The third kappa shape index (κ3) is 30.1. The average Bonchev–Trinajstić information content (AvgIpc) is 1.75. The third-order valence-electron chi connectivity index (χ3n) is 14.3. The number of carboxylic acids is 2. The lowest BCUT2D eigenvalue weighted by molar-refractivity contribution is -0.143. The molecule has 1 aromatic carbocycles. The number of aliphatic hydroxyl groups excluding tert-OH is 1. The van der Waals surface area contributed by atoms with Crippen molar-refractivity contribution < 1.29 is 87.2 Å². The number of para-hydroxylation sites is 1. The Morgan fingerprint density at radius 2 is 1.01 bits per heavy atom. The highest BCUT2D eigenvalue weighted by atomic mass is 16.4. The Labute approximate surface area is 547 Å². The summed E-state index contributed by atoms with van der Waals surface area (Å²) in [5.74, 6) is -17.0. The molecule has 2 rings (SSSR count). The van der Waals surface area contributed by atoms with Crippen molar-refractivity contribution in [2.24, 2.45) is 51.4 Å². The van der Waals surface area contributed by atoms with E-state index in [1.165, 1.54) is 20.8 Å². The fourth-order valence-corrected chi connectivity index (χ4v) is 9.26. The standard InChI is InChI=1S/C59H94N18O18/c1-27(2)20-38(73-57(93)48(31(8)78)76-45(82)26-67-50(86)34(60)15-17-42(61)79)55(91)77-47(29(5)6)56(92)74-40(23-46(83)84)51(87)68-25-44(81)70-36(14-11-19-65-59(63)64)52(88)72-39(22-32-24-66-35-13-10-9-12-33(32)35)54(90)69-30(7)49(85)71-37(16-18-43(62)80)53(89)75-41(58(94)95)21-28(3)4/h9-10,12-13,24,27-31,34,36-41,47-48,66,78H,11,14-23,25-26,60H2,1-8H3,(H2,61,79)(H2,62,80)(H,67,86)(H,68,87)(H,69,90)(H,70,81)(H,71,85)(H,72,88)(H,73,93)(H,74,92)(H,75,89)(H,76,82)(H,77,91)(H,83,84)(H,94,95)(H4,63,64,65)/t30-,31+,34-,36-,37-,38-,39-,40-,41-,47-,48-/m0/s1. The molecular weight excluding hydrogens is 1250 g/mol. The molecule has 0 saturated heterocycles. The minimum Gasteiger partial charge on any atom is -0.481 e. The summed E-state index contributed by atoms with van der Waals surface area (Å²) < 4.78 is 0. The lowest BCUT2D eigenvalue weighted by Crippen LogP contribution is -2.61. The van der Waals surface area contributed by atoms with Crippen molar-refractivity contribution in [1.29, 1.82) is 0 Å². The van der Waals surface area contributed by atoms with E-state index in [4.69, 9.17) is 28.7 Å². The molecule has 25 N–H and O–H groups in total. The molecule has 0 saturated carbocycles. The van der Waals surface area contributed by atoms with Crippen molar-refractivity contribution in [2.45, 2.75) is 186 Å². The molecule has 528 valence electrons. The summed E-state index contributed by atoms with van der Waals surface area (Å²) in [5.41, 5.74) is 28.3. The van der Waals surface area contributed by atoms with E-state index in [9.17, 15) is 87.2 Å².